The van der Waals surface area contributed by atoms with Gasteiger partial charge in [0.25, 0.3) is 0 Å². The summed E-state index contributed by atoms with van der Waals surface area (Å²) in [4.78, 5) is 22.4. The van der Waals surface area contributed by atoms with E-state index in [9.17, 15) is 22.8 Å². The van der Waals surface area contributed by atoms with Crippen LogP contribution in [0.3, 0.4) is 0 Å². The van der Waals surface area contributed by atoms with Gasteiger partial charge in [0, 0.05) is 0 Å². The molecule has 0 spiro atoms. The fourth-order valence-electron chi connectivity index (χ4n) is 1.28. The van der Waals surface area contributed by atoms with Gasteiger partial charge in [-0.05, 0) is 6.42 Å². The summed E-state index contributed by atoms with van der Waals surface area (Å²) in [6, 6.07) is 0. The molecule has 0 saturated heterocycles. The first-order valence-electron chi connectivity index (χ1n) is 4.99. The maximum atomic E-state index is 12.0. The highest BCUT2D eigenvalue weighted by atomic mass is 19.4. The van der Waals surface area contributed by atoms with E-state index in [4.69, 9.17) is 0 Å². The van der Waals surface area contributed by atoms with E-state index in [1.54, 1.807) is 0 Å². The summed E-state index contributed by atoms with van der Waals surface area (Å²) in [6.45, 7) is 1.82. The van der Waals surface area contributed by atoms with Crippen LogP contribution in [0.4, 0.5) is 13.2 Å². The van der Waals surface area contributed by atoms with Gasteiger partial charge in [-0.1, -0.05) is 19.8 Å². The number of rotatable bonds is 6. The number of hydrogen-bond donors (Lipinski definition) is 0. The van der Waals surface area contributed by atoms with Crippen LogP contribution in [0.15, 0.2) is 0 Å². The molecule has 0 aliphatic heterocycles. The van der Waals surface area contributed by atoms with Crippen LogP contribution in [0.2, 0.25) is 0 Å². The lowest BCUT2D eigenvalue weighted by Gasteiger charge is -2.14. The van der Waals surface area contributed by atoms with Crippen LogP contribution in [0.25, 0.3) is 0 Å². The smallest absolute Gasteiger partial charge is 0.395 e. The van der Waals surface area contributed by atoms with Gasteiger partial charge in [-0.3, -0.25) is 9.59 Å². The van der Waals surface area contributed by atoms with E-state index in [0.29, 0.717) is 12.8 Å². The van der Waals surface area contributed by atoms with E-state index in [-0.39, 0.29) is 6.42 Å². The first kappa shape index (κ1) is 14.9. The molecule has 0 aromatic heterocycles. The number of alkyl halides is 3. The summed E-state index contributed by atoms with van der Waals surface area (Å²) in [6.07, 6.45) is -4.82. The van der Waals surface area contributed by atoms with Gasteiger partial charge in [-0.15, -0.1) is 0 Å². The molecule has 0 fully saturated rings. The number of ketones is 1. The highest BCUT2D eigenvalue weighted by molar-refractivity contribution is 5.99. The molecule has 1 atom stereocenters. The highest BCUT2D eigenvalue weighted by Gasteiger charge is 2.37. The van der Waals surface area contributed by atoms with Gasteiger partial charge in [0.15, 0.2) is 5.78 Å². The molecule has 1 unspecified atom stereocenters. The Morgan fingerprint density at radius 1 is 1.31 bits per heavy atom. The van der Waals surface area contributed by atoms with Crippen molar-refractivity contribution in [1.82, 2.24) is 0 Å². The summed E-state index contributed by atoms with van der Waals surface area (Å²) < 4.78 is 40.3. The van der Waals surface area contributed by atoms with Crippen molar-refractivity contribution < 1.29 is 27.5 Å². The van der Waals surface area contributed by atoms with Crippen molar-refractivity contribution in [3.05, 3.63) is 0 Å². The van der Waals surface area contributed by atoms with Gasteiger partial charge in [0.1, 0.15) is 12.3 Å². The monoisotopic (exact) mass is 240 g/mol. The molecular weight excluding hydrogens is 225 g/mol. The summed E-state index contributed by atoms with van der Waals surface area (Å²) in [7, 11) is 1.06. The summed E-state index contributed by atoms with van der Waals surface area (Å²) in [5, 5.41) is 0. The van der Waals surface area contributed by atoms with Crippen LogP contribution < -0.4 is 0 Å². The molecule has 3 nitrogen and oxygen atoms in total. The normalized spacial score (nSPS) is 13.3. The van der Waals surface area contributed by atoms with Crippen LogP contribution in [-0.4, -0.2) is 25.0 Å². The standard InChI is InChI=1S/C10H15F3O3/c1-3-4-5-7(9(15)16-2)8(14)6-10(11,12)13/h7H,3-6H2,1-2H3. The summed E-state index contributed by atoms with van der Waals surface area (Å²) >= 11 is 0. The minimum Gasteiger partial charge on any atom is -0.468 e. The number of methoxy groups -OCH3 is 1. The van der Waals surface area contributed by atoms with Crippen LogP contribution in [-0.2, 0) is 14.3 Å². The first-order valence-corrected chi connectivity index (χ1v) is 4.99. The van der Waals surface area contributed by atoms with Crippen molar-refractivity contribution >= 4 is 11.8 Å². The van der Waals surface area contributed by atoms with Gasteiger partial charge in [0.05, 0.1) is 7.11 Å². The number of unbranched alkanes of at least 4 members (excludes halogenated alkanes) is 1. The topological polar surface area (TPSA) is 43.4 Å². The fraction of sp³-hybridized carbons (Fsp3) is 0.800. The molecule has 0 aliphatic carbocycles. The SMILES string of the molecule is CCCCC(C(=O)CC(F)(F)F)C(=O)OC. The Morgan fingerprint density at radius 3 is 2.25 bits per heavy atom. The summed E-state index contributed by atoms with van der Waals surface area (Å²) in [5.74, 6) is -3.29. The van der Waals surface area contributed by atoms with Crippen LogP contribution in [0, 0.1) is 5.92 Å². The Kier molecular flexibility index (Phi) is 6.06. The Labute approximate surface area is 92.0 Å². The zero-order valence-corrected chi connectivity index (χ0v) is 9.26. The van der Waals surface area contributed by atoms with E-state index in [0.717, 1.165) is 7.11 Å². The molecule has 0 aliphatic rings. The molecule has 94 valence electrons. The molecule has 0 saturated carbocycles. The van der Waals surface area contributed by atoms with Crippen molar-refractivity contribution in [2.24, 2.45) is 5.92 Å². The number of esters is 1. The van der Waals surface area contributed by atoms with Crippen molar-refractivity contribution in [1.29, 1.82) is 0 Å². The molecular formula is C10H15F3O3. The molecule has 0 bridgehead atoms. The molecule has 0 aromatic carbocycles. The zero-order valence-electron chi connectivity index (χ0n) is 9.26. The minimum absolute atomic E-state index is 0.109. The Balaban J connectivity index is 4.50. The first-order chi connectivity index (χ1) is 7.31. The predicted octanol–water partition coefficient (Wildman–Crippen LogP) is 2.49. The molecule has 0 aromatic rings. The summed E-state index contributed by atoms with van der Waals surface area (Å²) in [5.41, 5.74) is 0. The van der Waals surface area contributed by atoms with Crippen LogP contribution in [0.5, 0.6) is 0 Å². The number of carbonyl (C=O) groups is 2. The van der Waals surface area contributed by atoms with Gasteiger partial charge in [-0.2, -0.15) is 13.2 Å². The minimum atomic E-state index is -4.57. The van der Waals surface area contributed by atoms with E-state index >= 15 is 0 Å². The lowest BCUT2D eigenvalue weighted by Crippen LogP contribution is -2.29. The van der Waals surface area contributed by atoms with Crippen molar-refractivity contribution in [2.75, 3.05) is 7.11 Å². The molecule has 0 N–H and O–H groups in total. The largest absolute Gasteiger partial charge is 0.468 e. The lowest BCUT2D eigenvalue weighted by molar-refractivity contribution is -0.161. The Morgan fingerprint density at radius 2 is 1.88 bits per heavy atom. The van der Waals surface area contributed by atoms with Gasteiger partial charge in [-0.25, -0.2) is 0 Å². The van der Waals surface area contributed by atoms with E-state index in [1.807, 2.05) is 6.92 Å². The maximum Gasteiger partial charge on any atom is 0.395 e. The van der Waals surface area contributed by atoms with Gasteiger partial charge in [0.2, 0.25) is 0 Å². The second-order valence-corrected chi connectivity index (χ2v) is 3.48. The van der Waals surface area contributed by atoms with Crippen molar-refractivity contribution in [2.45, 2.75) is 38.8 Å². The quantitative estimate of drug-likeness (QED) is 0.529. The molecule has 0 rings (SSSR count). The lowest BCUT2D eigenvalue weighted by atomic mass is 9.95. The third-order valence-corrected chi connectivity index (χ3v) is 2.10. The second-order valence-electron chi connectivity index (χ2n) is 3.48. The highest BCUT2D eigenvalue weighted by Crippen LogP contribution is 2.24. The molecule has 0 heterocycles. The van der Waals surface area contributed by atoms with E-state index in [1.165, 1.54) is 0 Å². The third kappa shape index (κ3) is 5.72. The average Bonchev–Trinajstić information content (AvgIpc) is 2.15. The Hall–Kier alpha value is -1.07. The van der Waals surface area contributed by atoms with Gasteiger partial charge >= 0.3 is 12.1 Å². The van der Waals surface area contributed by atoms with Crippen molar-refractivity contribution in [3.63, 3.8) is 0 Å². The van der Waals surface area contributed by atoms with E-state index < -0.39 is 30.3 Å². The Bertz CT molecular complexity index is 248. The number of Topliss-reactive ketones (excluding diaryl/α,β-unsaturated/α-hetero) is 1. The van der Waals surface area contributed by atoms with Crippen LogP contribution in [0.1, 0.15) is 32.6 Å². The molecule has 16 heavy (non-hydrogen) atoms. The molecule has 6 heteroatoms. The third-order valence-electron chi connectivity index (χ3n) is 2.10. The zero-order chi connectivity index (χ0) is 12.8. The van der Waals surface area contributed by atoms with Crippen LogP contribution >= 0.6 is 0 Å². The molecule has 0 radical (unpaired) electrons. The van der Waals surface area contributed by atoms with E-state index in [2.05, 4.69) is 4.74 Å². The fourth-order valence-corrected chi connectivity index (χ4v) is 1.28. The average molecular weight is 240 g/mol. The number of carbonyl (C=O) groups excluding carboxylic acids is 2. The maximum absolute atomic E-state index is 12.0. The van der Waals surface area contributed by atoms with Gasteiger partial charge < -0.3 is 4.74 Å². The predicted molar refractivity (Wildman–Crippen MR) is 50.7 cm³/mol. The second kappa shape index (κ2) is 6.50. The molecule has 0 amide bonds. The van der Waals surface area contributed by atoms with Crippen molar-refractivity contribution in [3.8, 4) is 0 Å². The number of ether oxygens (including phenoxy) is 1. The number of hydrogen-bond acceptors (Lipinski definition) is 3. The number of halogens is 3.